The quantitative estimate of drug-likeness (QED) is 0.292. The molecule has 3 aromatic heterocycles. The fraction of sp³-hybridized carbons (Fsp3) is 0. The zero-order chi connectivity index (χ0) is 21.1. The van der Waals surface area contributed by atoms with Gasteiger partial charge in [0.05, 0.1) is 22.1 Å². The molecular weight excluding hydrogens is 392 g/mol. The molecule has 3 heteroatoms. The van der Waals surface area contributed by atoms with Crippen LogP contribution >= 0.6 is 0 Å². The Morgan fingerprint density at radius 3 is 2.38 bits per heavy atom. The van der Waals surface area contributed by atoms with Gasteiger partial charge in [0.25, 0.3) is 0 Å². The van der Waals surface area contributed by atoms with Gasteiger partial charge in [-0.05, 0) is 48.5 Å². The summed E-state index contributed by atoms with van der Waals surface area (Å²) in [5.74, 6) is 0. The van der Waals surface area contributed by atoms with Crippen molar-refractivity contribution in [3.63, 3.8) is 0 Å². The van der Waals surface area contributed by atoms with Crippen molar-refractivity contribution in [2.24, 2.45) is 0 Å². The molecule has 0 N–H and O–H groups in total. The maximum absolute atomic E-state index is 6.22. The summed E-state index contributed by atoms with van der Waals surface area (Å²) in [4.78, 5) is 4.55. The van der Waals surface area contributed by atoms with Crippen LogP contribution in [0.4, 0.5) is 0 Å². The first-order chi connectivity index (χ1) is 15.9. The van der Waals surface area contributed by atoms with E-state index in [4.69, 9.17) is 4.42 Å². The van der Waals surface area contributed by atoms with Crippen LogP contribution in [0.15, 0.2) is 114 Å². The molecule has 150 valence electrons. The van der Waals surface area contributed by atoms with Gasteiger partial charge >= 0.3 is 0 Å². The third kappa shape index (κ3) is 2.39. The molecule has 0 amide bonds. The second-order valence-corrected chi connectivity index (χ2v) is 8.05. The minimum Gasteiger partial charge on any atom is -0.456 e. The number of pyridine rings is 1. The van der Waals surface area contributed by atoms with Gasteiger partial charge < -0.3 is 8.98 Å². The molecule has 0 bridgehead atoms. The summed E-state index contributed by atoms with van der Waals surface area (Å²) in [6.07, 6.45) is 1.84. The molecule has 0 aliphatic heterocycles. The molecule has 0 spiro atoms. The van der Waals surface area contributed by atoms with Crippen molar-refractivity contribution in [2.45, 2.75) is 0 Å². The molecule has 0 aliphatic rings. The van der Waals surface area contributed by atoms with Crippen LogP contribution in [-0.2, 0) is 0 Å². The Hall–Kier alpha value is -4.37. The van der Waals surface area contributed by atoms with E-state index in [0.717, 1.165) is 38.9 Å². The standard InChI is InChI=1S/C29H18N2O/c1-3-13-25-21(10-1)22-15-16-27-28(23-11-2-4-14-26(23)32-27)29(22)31(25)20-9-7-8-19(18-20)24-12-5-6-17-30-24/h1-18H. The van der Waals surface area contributed by atoms with E-state index in [1.165, 1.54) is 21.8 Å². The van der Waals surface area contributed by atoms with Crippen LogP contribution < -0.4 is 0 Å². The molecule has 4 aromatic carbocycles. The van der Waals surface area contributed by atoms with Gasteiger partial charge in [-0.1, -0.05) is 54.6 Å². The van der Waals surface area contributed by atoms with E-state index < -0.39 is 0 Å². The van der Waals surface area contributed by atoms with Crippen molar-refractivity contribution in [1.29, 1.82) is 0 Å². The Morgan fingerprint density at radius 2 is 1.47 bits per heavy atom. The van der Waals surface area contributed by atoms with Crippen LogP contribution in [0.5, 0.6) is 0 Å². The summed E-state index contributed by atoms with van der Waals surface area (Å²) < 4.78 is 8.58. The van der Waals surface area contributed by atoms with Gasteiger partial charge in [0.2, 0.25) is 0 Å². The number of fused-ring (bicyclic) bond motifs is 7. The Kier molecular flexibility index (Phi) is 3.55. The highest BCUT2D eigenvalue weighted by Gasteiger charge is 2.18. The Bertz CT molecular complexity index is 1770. The second-order valence-electron chi connectivity index (χ2n) is 8.05. The molecule has 3 heterocycles. The topological polar surface area (TPSA) is 31.0 Å². The van der Waals surface area contributed by atoms with Gasteiger partial charge in [-0.15, -0.1) is 0 Å². The van der Waals surface area contributed by atoms with Crippen molar-refractivity contribution in [3.8, 4) is 16.9 Å². The van der Waals surface area contributed by atoms with Crippen molar-refractivity contribution >= 4 is 43.7 Å². The lowest BCUT2D eigenvalue weighted by atomic mass is 10.1. The molecule has 7 aromatic rings. The maximum Gasteiger partial charge on any atom is 0.137 e. The smallest absolute Gasteiger partial charge is 0.137 e. The minimum absolute atomic E-state index is 0.906. The van der Waals surface area contributed by atoms with E-state index in [2.05, 4.69) is 82.3 Å². The first-order valence-electron chi connectivity index (χ1n) is 10.7. The van der Waals surface area contributed by atoms with Crippen molar-refractivity contribution in [3.05, 3.63) is 109 Å². The first kappa shape index (κ1) is 17.3. The van der Waals surface area contributed by atoms with E-state index in [1.54, 1.807) is 0 Å². The van der Waals surface area contributed by atoms with Gasteiger partial charge in [-0.3, -0.25) is 4.98 Å². The molecule has 32 heavy (non-hydrogen) atoms. The summed E-state index contributed by atoms with van der Waals surface area (Å²) in [6.45, 7) is 0. The van der Waals surface area contributed by atoms with Crippen LogP contribution in [0.25, 0.3) is 60.7 Å². The number of furan rings is 1. The molecule has 3 nitrogen and oxygen atoms in total. The van der Waals surface area contributed by atoms with Crippen molar-refractivity contribution in [2.75, 3.05) is 0 Å². The second kappa shape index (κ2) is 6.56. The van der Waals surface area contributed by atoms with Crippen LogP contribution in [0.1, 0.15) is 0 Å². The van der Waals surface area contributed by atoms with Gasteiger partial charge in [0, 0.05) is 33.6 Å². The number of benzene rings is 4. The minimum atomic E-state index is 0.906. The number of para-hydroxylation sites is 2. The molecule has 0 saturated carbocycles. The van der Waals surface area contributed by atoms with Crippen molar-refractivity contribution in [1.82, 2.24) is 9.55 Å². The van der Waals surface area contributed by atoms with Gasteiger partial charge in [-0.2, -0.15) is 0 Å². The van der Waals surface area contributed by atoms with Crippen LogP contribution in [-0.4, -0.2) is 9.55 Å². The SMILES string of the molecule is c1ccc(-c2cccc(-n3c4ccccc4c4ccc5oc6ccccc6c5c43)c2)nc1. The molecule has 0 atom stereocenters. The Morgan fingerprint density at radius 1 is 0.625 bits per heavy atom. The first-order valence-corrected chi connectivity index (χ1v) is 10.7. The number of nitrogens with zero attached hydrogens (tertiary/aromatic N) is 2. The lowest BCUT2D eigenvalue weighted by molar-refractivity contribution is 0.669. The molecule has 0 fully saturated rings. The van der Waals surface area contributed by atoms with Crippen LogP contribution in [0, 0.1) is 0 Å². The lowest BCUT2D eigenvalue weighted by Crippen LogP contribution is -1.95. The molecule has 0 aliphatic carbocycles. The number of hydrogen-bond acceptors (Lipinski definition) is 2. The molecule has 0 saturated heterocycles. The van der Waals surface area contributed by atoms with Crippen molar-refractivity contribution < 1.29 is 4.42 Å². The number of rotatable bonds is 2. The molecule has 0 radical (unpaired) electrons. The van der Waals surface area contributed by atoms with E-state index in [-0.39, 0.29) is 0 Å². The highest BCUT2D eigenvalue weighted by Crippen LogP contribution is 2.40. The van der Waals surface area contributed by atoms with E-state index in [0.29, 0.717) is 0 Å². The van der Waals surface area contributed by atoms with E-state index >= 15 is 0 Å². The predicted octanol–water partition coefficient (Wildman–Crippen LogP) is 7.75. The average molecular weight is 410 g/mol. The number of hydrogen-bond donors (Lipinski definition) is 0. The molecular formula is C29H18N2O. The summed E-state index contributed by atoms with van der Waals surface area (Å²) >= 11 is 0. The summed E-state index contributed by atoms with van der Waals surface area (Å²) in [6, 6.07) is 35.8. The lowest BCUT2D eigenvalue weighted by Gasteiger charge is -2.10. The zero-order valence-electron chi connectivity index (χ0n) is 17.2. The van der Waals surface area contributed by atoms with Gasteiger partial charge in [0.1, 0.15) is 11.2 Å². The third-order valence-corrected chi connectivity index (χ3v) is 6.24. The summed E-state index contributed by atoms with van der Waals surface area (Å²) in [5.41, 5.74) is 7.34. The molecule has 7 rings (SSSR count). The monoisotopic (exact) mass is 410 g/mol. The van der Waals surface area contributed by atoms with Crippen LogP contribution in [0.2, 0.25) is 0 Å². The summed E-state index contributed by atoms with van der Waals surface area (Å²) in [5, 5.41) is 4.75. The highest BCUT2D eigenvalue weighted by atomic mass is 16.3. The summed E-state index contributed by atoms with van der Waals surface area (Å²) in [7, 11) is 0. The number of aromatic nitrogens is 2. The Labute approximate surface area is 184 Å². The Balaban J connectivity index is 1.65. The maximum atomic E-state index is 6.22. The van der Waals surface area contributed by atoms with Gasteiger partial charge in [0.15, 0.2) is 0 Å². The average Bonchev–Trinajstić information content (AvgIpc) is 3.40. The fourth-order valence-corrected chi connectivity index (χ4v) is 4.87. The molecule has 0 unspecified atom stereocenters. The largest absolute Gasteiger partial charge is 0.456 e. The van der Waals surface area contributed by atoms with E-state index in [9.17, 15) is 0 Å². The highest BCUT2D eigenvalue weighted by molar-refractivity contribution is 6.24. The van der Waals surface area contributed by atoms with E-state index in [1.807, 2.05) is 36.5 Å². The predicted molar refractivity (Wildman–Crippen MR) is 131 cm³/mol. The third-order valence-electron chi connectivity index (χ3n) is 6.24. The normalized spacial score (nSPS) is 11.8. The fourth-order valence-electron chi connectivity index (χ4n) is 4.87. The van der Waals surface area contributed by atoms with Gasteiger partial charge in [-0.25, -0.2) is 0 Å². The zero-order valence-corrected chi connectivity index (χ0v) is 17.2. The van der Waals surface area contributed by atoms with Crippen LogP contribution in [0.3, 0.4) is 0 Å².